The molecule has 0 aromatic carbocycles. The molecule has 0 radical (unpaired) electrons. The van der Waals surface area contributed by atoms with Crippen molar-refractivity contribution in [1.82, 2.24) is 24.7 Å². The molecule has 4 rings (SSSR count). The molecule has 4 N–H and O–H groups in total. The van der Waals surface area contributed by atoms with Gasteiger partial charge in [0, 0.05) is 68.1 Å². The number of aromatic nitrogens is 2. The van der Waals surface area contributed by atoms with Crippen molar-refractivity contribution in [1.29, 1.82) is 0 Å². The van der Waals surface area contributed by atoms with Gasteiger partial charge in [0.1, 0.15) is 5.84 Å². The van der Waals surface area contributed by atoms with Crippen molar-refractivity contribution in [2.24, 2.45) is 22.4 Å². The molecule has 0 saturated carbocycles. The molecule has 1 atom stereocenters. The summed E-state index contributed by atoms with van der Waals surface area (Å²) in [5.41, 5.74) is 15.1. The van der Waals surface area contributed by atoms with Crippen LogP contribution in [-0.2, 0) is 4.74 Å². The number of nitrogens with zero attached hydrogens (tertiary/aromatic N) is 6. The third kappa shape index (κ3) is 5.43. The molecule has 192 valence electrons. The summed E-state index contributed by atoms with van der Waals surface area (Å²) >= 11 is 0. The van der Waals surface area contributed by atoms with Gasteiger partial charge >= 0.3 is 6.03 Å². The van der Waals surface area contributed by atoms with Crippen molar-refractivity contribution >= 4 is 17.8 Å². The van der Waals surface area contributed by atoms with Crippen molar-refractivity contribution in [3.63, 3.8) is 0 Å². The molecule has 1 aromatic rings. The Bertz CT molecular complexity index is 994. The number of piperazine rings is 1. The van der Waals surface area contributed by atoms with E-state index in [1.807, 2.05) is 43.6 Å². The Morgan fingerprint density at radius 2 is 1.86 bits per heavy atom. The van der Waals surface area contributed by atoms with E-state index in [0.717, 1.165) is 57.1 Å². The standard InChI is InChI=1S/C25H40N8O2/c1-16-12-17(2)29-23(28-16)30-22(27)20-15-33(25(4,5)21(20)26)24(34)32-9-8-31(13-18(32)3)14-19-6-10-35-11-7-19/h12,18-19H,6-11,13-15,26H2,1-5H3,(H2,27,28,29,30)/t18-/m0/s1. The molecular formula is C25H40N8O2. The summed E-state index contributed by atoms with van der Waals surface area (Å²) in [5.74, 6) is 1.24. The lowest BCUT2D eigenvalue weighted by Crippen LogP contribution is -2.60. The number of urea groups is 1. The number of nitrogens with two attached hydrogens (primary N) is 2. The second kappa shape index (κ2) is 10.1. The van der Waals surface area contributed by atoms with Crippen LogP contribution in [0.5, 0.6) is 0 Å². The van der Waals surface area contributed by atoms with Crippen molar-refractivity contribution in [2.75, 3.05) is 45.9 Å². The second-order valence-electron chi connectivity index (χ2n) is 10.6. The van der Waals surface area contributed by atoms with Crippen LogP contribution >= 0.6 is 0 Å². The van der Waals surface area contributed by atoms with E-state index in [-0.39, 0.29) is 17.9 Å². The van der Waals surface area contributed by atoms with Crippen molar-refractivity contribution in [2.45, 2.75) is 59.0 Å². The number of rotatable bonds is 4. The van der Waals surface area contributed by atoms with E-state index in [1.165, 1.54) is 0 Å². The number of amidine groups is 1. The fourth-order valence-corrected chi connectivity index (χ4v) is 5.35. The third-order valence-electron chi connectivity index (χ3n) is 7.52. The number of carbonyl (C=O) groups is 1. The Morgan fingerprint density at radius 1 is 1.20 bits per heavy atom. The number of hydrogen-bond acceptors (Lipinski definition) is 7. The summed E-state index contributed by atoms with van der Waals surface area (Å²) in [5, 5.41) is 0. The zero-order chi connectivity index (χ0) is 25.3. The van der Waals surface area contributed by atoms with Crippen LogP contribution in [0.4, 0.5) is 10.7 Å². The van der Waals surface area contributed by atoms with Crippen LogP contribution in [0.15, 0.2) is 22.3 Å². The van der Waals surface area contributed by atoms with Crippen molar-refractivity contribution < 1.29 is 9.53 Å². The van der Waals surface area contributed by atoms with Crippen LogP contribution in [0.25, 0.3) is 0 Å². The number of aryl methyl sites for hydroxylation is 2. The predicted molar refractivity (Wildman–Crippen MR) is 136 cm³/mol. The van der Waals surface area contributed by atoms with Crippen LogP contribution in [0, 0.1) is 19.8 Å². The molecule has 0 aliphatic carbocycles. The fraction of sp³-hybridized carbons (Fsp3) is 0.680. The van der Waals surface area contributed by atoms with Gasteiger partial charge in [-0.3, -0.25) is 4.90 Å². The highest BCUT2D eigenvalue weighted by Crippen LogP contribution is 2.33. The lowest BCUT2D eigenvalue weighted by Gasteiger charge is -2.45. The number of carbonyl (C=O) groups excluding carboxylic acids is 1. The monoisotopic (exact) mass is 484 g/mol. The molecule has 4 heterocycles. The van der Waals surface area contributed by atoms with Gasteiger partial charge in [0.25, 0.3) is 5.95 Å². The highest BCUT2D eigenvalue weighted by Gasteiger charge is 2.45. The molecule has 2 amide bonds. The fourth-order valence-electron chi connectivity index (χ4n) is 5.35. The van der Waals surface area contributed by atoms with Gasteiger partial charge in [0.15, 0.2) is 0 Å². The minimum Gasteiger partial charge on any atom is -0.400 e. The Hall–Kier alpha value is -2.72. The maximum atomic E-state index is 13.7. The van der Waals surface area contributed by atoms with Gasteiger partial charge in [0.05, 0.1) is 12.1 Å². The Kier molecular flexibility index (Phi) is 7.32. The topological polar surface area (TPSA) is 126 Å². The van der Waals surface area contributed by atoms with Crippen LogP contribution in [0.2, 0.25) is 0 Å². The first-order valence-electron chi connectivity index (χ1n) is 12.6. The predicted octanol–water partition coefficient (Wildman–Crippen LogP) is 1.94. The SMILES string of the molecule is Cc1cc(C)nc(N=C(N)C2=C(N)C(C)(C)N(C(=O)N3CCN(CC4CCOCC4)C[C@@H]3C)C2)n1. The largest absolute Gasteiger partial charge is 0.400 e. The first-order valence-corrected chi connectivity index (χ1v) is 12.6. The van der Waals surface area contributed by atoms with Gasteiger partial charge < -0.3 is 26.0 Å². The zero-order valence-corrected chi connectivity index (χ0v) is 21.8. The Labute approximate surface area is 208 Å². The van der Waals surface area contributed by atoms with Crippen LogP contribution in [0.1, 0.15) is 45.0 Å². The molecule has 1 aromatic heterocycles. The van der Waals surface area contributed by atoms with E-state index in [9.17, 15) is 4.79 Å². The highest BCUT2D eigenvalue weighted by molar-refractivity contribution is 6.01. The maximum absolute atomic E-state index is 13.7. The molecule has 3 aliphatic heterocycles. The molecule has 10 nitrogen and oxygen atoms in total. The van der Waals surface area contributed by atoms with Crippen LogP contribution in [0.3, 0.4) is 0 Å². The van der Waals surface area contributed by atoms with Crippen molar-refractivity contribution in [3.8, 4) is 0 Å². The van der Waals surface area contributed by atoms with Crippen molar-refractivity contribution in [3.05, 3.63) is 28.7 Å². The Morgan fingerprint density at radius 3 is 2.49 bits per heavy atom. The normalized spacial score (nSPS) is 24.4. The van der Waals surface area contributed by atoms with Gasteiger partial charge in [-0.25, -0.2) is 14.8 Å². The molecular weight excluding hydrogens is 444 g/mol. The number of amides is 2. The summed E-state index contributed by atoms with van der Waals surface area (Å²) in [4.78, 5) is 33.1. The van der Waals surface area contributed by atoms with Gasteiger partial charge in [-0.2, -0.15) is 4.99 Å². The molecule has 3 aliphatic rings. The smallest absolute Gasteiger partial charge is 0.321 e. The molecule has 35 heavy (non-hydrogen) atoms. The number of aliphatic imine (C=N–C) groups is 1. The minimum atomic E-state index is -0.672. The van der Waals surface area contributed by atoms with Gasteiger partial charge in [-0.1, -0.05) is 0 Å². The van der Waals surface area contributed by atoms with Gasteiger partial charge in [-0.15, -0.1) is 0 Å². The van der Waals surface area contributed by atoms with Crippen LogP contribution < -0.4 is 11.5 Å². The molecule has 2 saturated heterocycles. The molecule has 10 heteroatoms. The summed E-state index contributed by atoms with van der Waals surface area (Å²) < 4.78 is 5.50. The van der Waals surface area contributed by atoms with E-state index < -0.39 is 5.54 Å². The lowest BCUT2D eigenvalue weighted by molar-refractivity contribution is 0.0320. The number of hydrogen-bond donors (Lipinski definition) is 2. The summed E-state index contributed by atoms with van der Waals surface area (Å²) in [6.07, 6.45) is 2.25. The van der Waals surface area contributed by atoms with E-state index in [2.05, 4.69) is 26.8 Å². The third-order valence-corrected chi connectivity index (χ3v) is 7.52. The summed E-state index contributed by atoms with van der Waals surface area (Å²) in [6.45, 7) is 15.4. The molecule has 0 spiro atoms. The summed E-state index contributed by atoms with van der Waals surface area (Å²) in [6, 6.07) is 1.99. The first kappa shape index (κ1) is 25.4. The van der Waals surface area contributed by atoms with E-state index in [0.29, 0.717) is 36.2 Å². The van der Waals surface area contributed by atoms with E-state index in [4.69, 9.17) is 16.2 Å². The zero-order valence-electron chi connectivity index (χ0n) is 21.8. The quantitative estimate of drug-likeness (QED) is 0.494. The highest BCUT2D eigenvalue weighted by atomic mass is 16.5. The summed E-state index contributed by atoms with van der Waals surface area (Å²) in [7, 11) is 0. The van der Waals surface area contributed by atoms with E-state index in [1.54, 1.807) is 0 Å². The average molecular weight is 485 g/mol. The molecule has 0 unspecified atom stereocenters. The molecule has 0 bridgehead atoms. The van der Waals surface area contributed by atoms with Crippen LogP contribution in [-0.4, -0.2) is 94.1 Å². The second-order valence-corrected chi connectivity index (χ2v) is 10.6. The van der Waals surface area contributed by atoms with E-state index >= 15 is 0 Å². The van der Waals surface area contributed by atoms with Gasteiger partial charge in [-0.05, 0) is 59.4 Å². The Balaban J connectivity index is 1.44. The lowest BCUT2D eigenvalue weighted by atomic mass is 9.98. The first-order chi connectivity index (χ1) is 16.6. The average Bonchev–Trinajstić information content (AvgIpc) is 3.02. The minimum absolute atomic E-state index is 0.0124. The molecule has 2 fully saturated rings. The maximum Gasteiger partial charge on any atom is 0.321 e. The number of ether oxygens (including phenoxy) is 1. The van der Waals surface area contributed by atoms with Gasteiger partial charge in [0.2, 0.25) is 0 Å².